The van der Waals surface area contributed by atoms with Crippen molar-refractivity contribution in [1.29, 1.82) is 0 Å². The van der Waals surface area contributed by atoms with E-state index in [4.69, 9.17) is 11.6 Å². The summed E-state index contributed by atoms with van der Waals surface area (Å²) in [6, 6.07) is 5.43. The fourth-order valence-corrected chi connectivity index (χ4v) is 3.40. The zero-order valence-electron chi connectivity index (χ0n) is 13.9. The van der Waals surface area contributed by atoms with Crippen LogP contribution in [0.5, 0.6) is 0 Å². The highest BCUT2D eigenvalue weighted by atomic mass is 35.5. The van der Waals surface area contributed by atoms with Gasteiger partial charge in [-0.3, -0.25) is 9.48 Å². The number of benzene rings is 1. The second kappa shape index (κ2) is 6.52. The SMILES string of the molecule is O=C(CCn1ncc2c(Cl)cccc21)N1CCn2c(nnc2C(F)(F)F)C1. The van der Waals surface area contributed by atoms with Crippen LogP contribution in [0.25, 0.3) is 10.9 Å². The number of alkyl halides is 3. The average molecular weight is 399 g/mol. The number of halogens is 4. The van der Waals surface area contributed by atoms with Gasteiger partial charge in [-0.05, 0) is 12.1 Å². The largest absolute Gasteiger partial charge is 0.451 e. The second-order valence-corrected chi connectivity index (χ2v) is 6.60. The molecule has 0 bridgehead atoms. The Hall–Kier alpha value is -2.62. The molecule has 0 atom stereocenters. The first-order chi connectivity index (χ1) is 12.8. The number of hydrogen-bond donors (Lipinski definition) is 0. The zero-order chi connectivity index (χ0) is 19.2. The molecule has 0 saturated heterocycles. The zero-order valence-corrected chi connectivity index (χ0v) is 14.7. The van der Waals surface area contributed by atoms with Crippen LogP contribution in [0.15, 0.2) is 24.4 Å². The lowest BCUT2D eigenvalue weighted by atomic mass is 10.2. The Morgan fingerprint density at radius 2 is 2.04 bits per heavy atom. The van der Waals surface area contributed by atoms with Crippen LogP contribution >= 0.6 is 11.6 Å². The molecule has 0 unspecified atom stereocenters. The molecule has 2 aromatic heterocycles. The Balaban J connectivity index is 1.44. The lowest BCUT2D eigenvalue weighted by Crippen LogP contribution is -2.39. The first-order valence-electron chi connectivity index (χ1n) is 8.21. The predicted molar refractivity (Wildman–Crippen MR) is 89.8 cm³/mol. The molecule has 142 valence electrons. The number of amides is 1. The van der Waals surface area contributed by atoms with Crippen molar-refractivity contribution in [2.24, 2.45) is 0 Å². The third-order valence-electron chi connectivity index (χ3n) is 4.53. The maximum absolute atomic E-state index is 12.9. The van der Waals surface area contributed by atoms with Crippen LogP contribution in [0.4, 0.5) is 13.2 Å². The number of carbonyl (C=O) groups excluding carboxylic acids is 1. The van der Waals surface area contributed by atoms with Crippen LogP contribution in [0, 0.1) is 0 Å². The van der Waals surface area contributed by atoms with Crippen molar-refractivity contribution in [2.75, 3.05) is 6.54 Å². The quantitative estimate of drug-likeness (QED) is 0.680. The molecular weight excluding hydrogens is 385 g/mol. The van der Waals surface area contributed by atoms with Gasteiger partial charge in [-0.2, -0.15) is 18.3 Å². The van der Waals surface area contributed by atoms with Crippen molar-refractivity contribution < 1.29 is 18.0 Å². The molecule has 11 heteroatoms. The number of aryl methyl sites for hydroxylation is 1. The van der Waals surface area contributed by atoms with E-state index in [1.165, 1.54) is 4.90 Å². The van der Waals surface area contributed by atoms with Gasteiger partial charge in [0.2, 0.25) is 11.7 Å². The molecule has 0 radical (unpaired) electrons. The van der Waals surface area contributed by atoms with Crippen LogP contribution < -0.4 is 0 Å². The third kappa shape index (κ3) is 3.25. The van der Waals surface area contributed by atoms with Crippen LogP contribution in [0.1, 0.15) is 18.1 Å². The van der Waals surface area contributed by atoms with Crippen molar-refractivity contribution in [3.8, 4) is 0 Å². The van der Waals surface area contributed by atoms with Gasteiger partial charge in [0.15, 0.2) is 5.82 Å². The fraction of sp³-hybridized carbons (Fsp3) is 0.375. The summed E-state index contributed by atoms with van der Waals surface area (Å²) in [5.74, 6) is -1.06. The molecular formula is C16H14ClF3N6O. The molecule has 0 fully saturated rings. The Kier molecular flexibility index (Phi) is 4.29. The lowest BCUT2D eigenvalue weighted by molar-refractivity contribution is -0.148. The molecule has 7 nitrogen and oxygen atoms in total. The Labute approximate surface area is 156 Å². The van der Waals surface area contributed by atoms with E-state index in [-0.39, 0.29) is 37.8 Å². The first-order valence-corrected chi connectivity index (χ1v) is 8.59. The van der Waals surface area contributed by atoms with E-state index >= 15 is 0 Å². The predicted octanol–water partition coefficient (Wildman–Crippen LogP) is 2.73. The van der Waals surface area contributed by atoms with Crippen LogP contribution in [-0.4, -0.2) is 41.9 Å². The molecule has 1 aromatic carbocycles. The summed E-state index contributed by atoms with van der Waals surface area (Å²) >= 11 is 6.11. The normalized spacial score (nSPS) is 14.6. The van der Waals surface area contributed by atoms with Gasteiger partial charge < -0.3 is 9.47 Å². The first kappa shape index (κ1) is 17.8. The molecule has 1 amide bonds. The molecule has 4 rings (SSSR count). The second-order valence-electron chi connectivity index (χ2n) is 6.19. The highest BCUT2D eigenvalue weighted by Crippen LogP contribution is 2.29. The molecule has 0 N–H and O–H groups in total. The highest BCUT2D eigenvalue weighted by Gasteiger charge is 2.39. The van der Waals surface area contributed by atoms with Crippen molar-refractivity contribution >= 4 is 28.4 Å². The highest BCUT2D eigenvalue weighted by molar-refractivity contribution is 6.35. The van der Waals surface area contributed by atoms with E-state index in [1.807, 2.05) is 6.07 Å². The van der Waals surface area contributed by atoms with Gasteiger partial charge in [0.05, 0.1) is 29.8 Å². The van der Waals surface area contributed by atoms with Gasteiger partial charge in [0.1, 0.15) is 0 Å². The van der Waals surface area contributed by atoms with Crippen molar-refractivity contribution in [3.63, 3.8) is 0 Å². The van der Waals surface area contributed by atoms with Crippen molar-refractivity contribution in [1.82, 2.24) is 29.4 Å². The molecule has 27 heavy (non-hydrogen) atoms. The molecule has 0 saturated carbocycles. The van der Waals surface area contributed by atoms with Crippen LogP contribution in [0.3, 0.4) is 0 Å². The molecule has 3 heterocycles. The van der Waals surface area contributed by atoms with Gasteiger partial charge in [-0.25, -0.2) is 0 Å². The Morgan fingerprint density at radius 3 is 2.81 bits per heavy atom. The summed E-state index contributed by atoms with van der Waals surface area (Å²) < 4.78 is 41.3. The molecule has 0 spiro atoms. The summed E-state index contributed by atoms with van der Waals surface area (Å²) in [5.41, 5.74) is 0.823. The maximum atomic E-state index is 12.9. The number of rotatable bonds is 3. The van der Waals surface area contributed by atoms with E-state index in [0.29, 0.717) is 11.6 Å². The summed E-state index contributed by atoms with van der Waals surface area (Å²) in [6.45, 7) is 0.551. The fourth-order valence-electron chi connectivity index (χ4n) is 3.19. The molecule has 0 aliphatic carbocycles. The maximum Gasteiger partial charge on any atom is 0.451 e. The summed E-state index contributed by atoms with van der Waals surface area (Å²) in [4.78, 5) is 14.0. The standard InChI is InChI=1S/C16H14ClF3N6O/c17-11-2-1-3-12-10(11)8-21-26(12)5-4-14(27)24-6-7-25-13(9-24)22-23-15(25)16(18,19)20/h1-3,8H,4-7,9H2. The average Bonchev–Trinajstić information content (AvgIpc) is 3.23. The van der Waals surface area contributed by atoms with E-state index in [0.717, 1.165) is 15.5 Å². The van der Waals surface area contributed by atoms with E-state index in [9.17, 15) is 18.0 Å². The number of aromatic nitrogens is 5. The molecule has 1 aliphatic rings. The van der Waals surface area contributed by atoms with E-state index in [1.54, 1.807) is 23.0 Å². The minimum atomic E-state index is -4.56. The number of hydrogen-bond acceptors (Lipinski definition) is 4. The van der Waals surface area contributed by atoms with Gasteiger partial charge in [0, 0.05) is 24.9 Å². The topological polar surface area (TPSA) is 68.8 Å². The Bertz CT molecular complexity index is 1010. The summed E-state index contributed by atoms with van der Waals surface area (Å²) in [5, 5.41) is 12.4. The number of fused-ring (bicyclic) bond motifs is 2. The molecule has 3 aromatic rings. The minimum Gasteiger partial charge on any atom is -0.333 e. The minimum absolute atomic E-state index is 0.00754. The van der Waals surface area contributed by atoms with Gasteiger partial charge in [0.25, 0.3) is 0 Å². The Morgan fingerprint density at radius 1 is 1.22 bits per heavy atom. The lowest BCUT2D eigenvalue weighted by Gasteiger charge is -2.28. The molecule has 1 aliphatic heterocycles. The number of nitrogens with zero attached hydrogens (tertiary/aromatic N) is 6. The summed E-state index contributed by atoms with van der Waals surface area (Å²) in [6.07, 6.45) is -2.74. The van der Waals surface area contributed by atoms with Gasteiger partial charge in [-0.15, -0.1) is 10.2 Å². The van der Waals surface area contributed by atoms with E-state index < -0.39 is 12.0 Å². The monoisotopic (exact) mass is 398 g/mol. The number of carbonyl (C=O) groups is 1. The van der Waals surface area contributed by atoms with Crippen molar-refractivity contribution in [2.45, 2.75) is 32.2 Å². The van der Waals surface area contributed by atoms with Gasteiger partial charge >= 0.3 is 6.18 Å². The van der Waals surface area contributed by atoms with Crippen LogP contribution in [0.2, 0.25) is 5.02 Å². The third-order valence-corrected chi connectivity index (χ3v) is 4.86. The van der Waals surface area contributed by atoms with Gasteiger partial charge in [-0.1, -0.05) is 17.7 Å². The van der Waals surface area contributed by atoms with E-state index in [2.05, 4.69) is 15.3 Å². The van der Waals surface area contributed by atoms with Crippen molar-refractivity contribution in [3.05, 3.63) is 41.1 Å². The summed E-state index contributed by atoms with van der Waals surface area (Å²) in [7, 11) is 0. The smallest absolute Gasteiger partial charge is 0.333 e. The van der Waals surface area contributed by atoms with Crippen LogP contribution in [-0.2, 0) is 30.6 Å².